The second-order valence-corrected chi connectivity index (χ2v) is 4.96. The Morgan fingerprint density at radius 1 is 1.10 bits per heavy atom. The zero-order chi connectivity index (χ0) is 14.4. The maximum Gasteiger partial charge on any atom is 0.120 e. The van der Waals surface area contributed by atoms with Crippen LogP contribution in [0.2, 0.25) is 0 Å². The topological polar surface area (TPSA) is 9.23 Å². The average Bonchev–Trinajstić information content (AvgIpc) is 2.44. The first-order chi connectivity index (χ1) is 9.69. The molecule has 20 heavy (non-hydrogen) atoms. The summed E-state index contributed by atoms with van der Waals surface area (Å²) in [4.78, 5) is 0. The third-order valence-corrected chi connectivity index (χ3v) is 3.11. The molecule has 0 aliphatic heterocycles. The summed E-state index contributed by atoms with van der Waals surface area (Å²) < 4.78 is 5.81. The average molecular weight is 285 g/mol. The van der Waals surface area contributed by atoms with Crippen molar-refractivity contribution in [2.75, 3.05) is 5.88 Å². The first-order valence-electron chi connectivity index (χ1n) is 6.53. The molecule has 0 aromatic heterocycles. The predicted molar refractivity (Wildman–Crippen MR) is 84.3 cm³/mol. The highest BCUT2D eigenvalue weighted by molar-refractivity contribution is 6.19. The normalized spacial score (nSPS) is 9.75. The van der Waals surface area contributed by atoms with Crippen LogP contribution in [0.1, 0.15) is 22.3 Å². The molecule has 0 aliphatic rings. The van der Waals surface area contributed by atoms with Gasteiger partial charge < -0.3 is 4.74 Å². The molecule has 2 rings (SSSR count). The lowest BCUT2D eigenvalue weighted by Gasteiger charge is -2.08. The van der Waals surface area contributed by atoms with Crippen LogP contribution in [0.15, 0.2) is 42.5 Å². The van der Waals surface area contributed by atoms with Gasteiger partial charge in [-0.2, -0.15) is 0 Å². The second kappa shape index (κ2) is 7.03. The van der Waals surface area contributed by atoms with E-state index in [1.807, 2.05) is 31.2 Å². The number of aryl methyl sites for hydroxylation is 2. The number of ether oxygens (including phenoxy) is 1. The highest BCUT2D eigenvalue weighted by Gasteiger charge is 2.00. The Bertz CT molecular complexity index is 650. The molecule has 0 fully saturated rings. The number of halogens is 1. The number of alkyl halides is 1. The van der Waals surface area contributed by atoms with E-state index in [2.05, 4.69) is 37.0 Å². The molecule has 0 spiro atoms. The lowest BCUT2D eigenvalue weighted by atomic mass is 10.1. The van der Waals surface area contributed by atoms with Gasteiger partial charge in [0.2, 0.25) is 0 Å². The lowest BCUT2D eigenvalue weighted by molar-refractivity contribution is 0.306. The fourth-order valence-electron chi connectivity index (χ4n) is 1.96. The summed E-state index contributed by atoms with van der Waals surface area (Å²) in [6.07, 6.45) is 0. The fraction of sp³-hybridized carbons (Fsp3) is 0.222. The van der Waals surface area contributed by atoms with E-state index in [1.54, 1.807) is 0 Å². The highest BCUT2D eigenvalue weighted by atomic mass is 35.5. The summed E-state index contributed by atoms with van der Waals surface area (Å²) in [5, 5.41) is 0. The molecule has 0 bridgehead atoms. The monoisotopic (exact) mass is 284 g/mol. The Balaban J connectivity index is 2.05. The van der Waals surface area contributed by atoms with Crippen LogP contribution in [0.5, 0.6) is 5.75 Å². The summed E-state index contributed by atoms with van der Waals surface area (Å²) in [5.74, 6) is 7.11. The molecule has 0 aliphatic carbocycles. The van der Waals surface area contributed by atoms with E-state index in [1.165, 1.54) is 11.1 Å². The van der Waals surface area contributed by atoms with Gasteiger partial charge in [-0.3, -0.25) is 0 Å². The molecule has 0 radical (unpaired) electrons. The van der Waals surface area contributed by atoms with E-state index < -0.39 is 0 Å². The molecule has 0 saturated heterocycles. The first-order valence-corrected chi connectivity index (χ1v) is 7.06. The van der Waals surface area contributed by atoms with Gasteiger partial charge >= 0.3 is 0 Å². The van der Waals surface area contributed by atoms with Gasteiger partial charge in [0.15, 0.2) is 0 Å². The molecular formula is C18H17ClO. The predicted octanol–water partition coefficient (Wildman–Crippen LogP) is 4.47. The van der Waals surface area contributed by atoms with Crippen molar-refractivity contribution in [1.82, 2.24) is 0 Å². The van der Waals surface area contributed by atoms with Crippen LogP contribution >= 0.6 is 11.6 Å². The van der Waals surface area contributed by atoms with Crippen molar-refractivity contribution >= 4 is 11.6 Å². The Hall–Kier alpha value is -1.91. The van der Waals surface area contributed by atoms with Gasteiger partial charge in [0, 0.05) is 5.56 Å². The van der Waals surface area contributed by atoms with Crippen LogP contribution < -0.4 is 4.74 Å². The first kappa shape index (κ1) is 14.5. The molecule has 0 heterocycles. The van der Waals surface area contributed by atoms with Crippen LogP contribution in [0, 0.1) is 25.7 Å². The minimum Gasteiger partial charge on any atom is -0.489 e. The molecule has 0 atom stereocenters. The third-order valence-electron chi connectivity index (χ3n) is 2.98. The fourth-order valence-corrected chi connectivity index (χ4v) is 2.03. The molecule has 2 heteroatoms. The van der Waals surface area contributed by atoms with Crippen molar-refractivity contribution in [1.29, 1.82) is 0 Å². The minimum atomic E-state index is 0.352. The summed E-state index contributed by atoms with van der Waals surface area (Å²) in [7, 11) is 0. The molecule has 0 N–H and O–H groups in total. The maximum atomic E-state index is 5.81. The van der Waals surface area contributed by atoms with Crippen molar-refractivity contribution in [2.24, 2.45) is 0 Å². The number of rotatable bonds is 3. The highest BCUT2D eigenvalue weighted by Crippen LogP contribution is 2.18. The van der Waals surface area contributed by atoms with Crippen LogP contribution in [0.25, 0.3) is 0 Å². The summed E-state index contributed by atoms with van der Waals surface area (Å²) in [5.41, 5.74) is 4.51. The van der Waals surface area contributed by atoms with Crippen LogP contribution in [-0.2, 0) is 6.61 Å². The van der Waals surface area contributed by atoms with Gasteiger partial charge in [-0.15, -0.1) is 11.6 Å². The van der Waals surface area contributed by atoms with Gasteiger partial charge in [-0.05, 0) is 43.2 Å². The zero-order valence-corrected chi connectivity index (χ0v) is 12.5. The van der Waals surface area contributed by atoms with E-state index >= 15 is 0 Å². The van der Waals surface area contributed by atoms with Gasteiger partial charge in [0.05, 0.1) is 5.88 Å². The van der Waals surface area contributed by atoms with Gasteiger partial charge in [0.1, 0.15) is 12.4 Å². The second-order valence-electron chi connectivity index (χ2n) is 4.69. The van der Waals surface area contributed by atoms with E-state index in [4.69, 9.17) is 16.3 Å². The van der Waals surface area contributed by atoms with E-state index in [0.717, 1.165) is 16.9 Å². The third kappa shape index (κ3) is 4.05. The zero-order valence-electron chi connectivity index (χ0n) is 11.7. The number of hydrogen-bond acceptors (Lipinski definition) is 1. The standard InChI is InChI=1S/C18H17ClO/c1-14-5-3-6-16(11-14)13-20-18-9-8-17(7-4-10-19)15(2)12-18/h3,5-6,8-9,11-12H,10,13H2,1-2H3. The Kier molecular flexibility index (Phi) is 5.09. The largest absolute Gasteiger partial charge is 0.489 e. The molecular weight excluding hydrogens is 268 g/mol. The van der Waals surface area contributed by atoms with Crippen molar-refractivity contribution in [3.63, 3.8) is 0 Å². The molecule has 0 saturated carbocycles. The smallest absolute Gasteiger partial charge is 0.120 e. The van der Waals surface area contributed by atoms with E-state index in [0.29, 0.717) is 12.5 Å². The molecule has 1 nitrogen and oxygen atoms in total. The molecule has 2 aromatic rings. The van der Waals surface area contributed by atoms with E-state index in [-0.39, 0.29) is 0 Å². The van der Waals surface area contributed by atoms with Crippen LogP contribution in [0.3, 0.4) is 0 Å². The Labute approximate surface area is 125 Å². The van der Waals surface area contributed by atoms with E-state index in [9.17, 15) is 0 Å². The lowest BCUT2D eigenvalue weighted by Crippen LogP contribution is -1.96. The Morgan fingerprint density at radius 3 is 2.65 bits per heavy atom. The van der Waals surface area contributed by atoms with Gasteiger partial charge in [-0.25, -0.2) is 0 Å². The number of hydrogen-bond donors (Lipinski definition) is 0. The summed E-state index contributed by atoms with van der Waals surface area (Å²) in [6, 6.07) is 14.3. The molecule has 0 unspecified atom stereocenters. The van der Waals surface area contributed by atoms with Crippen molar-refractivity contribution in [3.05, 3.63) is 64.7 Å². The minimum absolute atomic E-state index is 0.352. The van der Waals surface area contributed by atoms with Crippen LogP contribution in [-0.4, -0.2) is 5.88 Å². The molecule has 102 valence electrons. The van der Waals surface area contributed by atoms with Crippen LogP contribution in [0.4, 0.5) is 0 Å². The van der Waals surface area contributed by atoms with Crippen molar-refractivity contribution in [2.45, 2.75) is 20.5 Å². The SMILES string of the molecule is Cc1cccc(COc2ccc(C#CCCl)c(C)c2)c1. The van der Waals surface area contributed by atoms with Gasteiger partial charge in [-0.1, -0.05) is 41.7 Å². The quantitative estimate of drug-likeness (QED) is 0.597. The van der Waals surface area contributed by atoms with Gasteiger partial charge in [0.25, 0.3) is 0 Å². The summed E-state index contributed by atoms with van der Waals surface area (Å²) in [6.45, 7) is 4.68. The maximum absolute atomic E-state index is 5.81. The van der Waals surface area contributed by atoms with Crippen molar-refractivity contribution < 1.29 is 4.74 Å². The molecule has 2 aromatic carbocycles. The Morgan fingerprint density at radius 2 is 1.95 bits per heavy atom. The number of benzene rings is 2. The molecule has 0 amide bonds. The van der Waals surface area contributed by atoms with Crippen molar-refractivity contribution in [3.8, 4) is 17.6 Å². The summed E-state index contributed by atoms with van der Waals surface area (Å²) >= 11 is 5.57.